The Morgan fingerprint density at radius 1 is 1.20 bits per heavy atom. The average molecular weight is 423 g/mol. The molecule has 0 aliphatic carbocycles. The molecule has 0 saturated heterocycles. The number of thiophene rings is 1. The lowest BCUT2D eigenvalue weighted by molar-refractivity contribution is 0.103. The van der Waals surface area contributed by atoms with Gasteiger partial charge in [0.25, 0.3) is 5.91 Å². The van der Waals surface area contributed by atoms with Crippen molar-refractivity contribution in [3.05, 3.63) is 58.5 Å². The molecule has 30 heavy (non-hydrogen) atoms. The Morgan fingerprint density at radius 3 is 2.73 bits per heavy atom. The number of aromatic nitrogens is 4. The number of benzene rings is 1. The van der Waals surface area contributed by atoms with Crippen molar-refractivity contribution in [3.8, 4) is 11.6 Å². The molecule has 0 saturated carbocycles. The molecule has 154 valence electrons. The molecule has 1 N–H and O–H groups in total. The quantitative estimate of drug-likeness (QED) is 0.506. The van der Waals surface area contributed by atoms with Gasteiger partial charge in [0.2, 0.25) is 5.88 Å². The minimum atomic E-state index is -0.208. The van der Waals surface area contributed by atoms with Crippen LogP contribution in [0.25, 0.3) is 15.9 Å². The summed E-state index contributed by atoms with van der Waals surface area (Å²) in [4.78, 5) is 23.2. The molecular formula is C21H21N5O3S. The number of hydrogen-bond donors (Lipinski definition) is 1. The number of ether oxygens (including phenoxy) is 2. The largest absolute Gasteiger partial charge is 0.480 e. The van der Waals surface area contributed by atoms with E-state index in [0.29, 0.717) is 27.1 Å². The molecule has 1 aromatic carbocycles. The van der Waals surface area contributed by atoms with E-state index >= 15 is 0 Å². The minimum Gasteiger partial charge on any atom is -0.480 e. The first kappa shape index (κ1) is 20.0. The molecule has 0 bridgehead atoms. The van der Waals surface area contributed by atoms with Crippen LogP contribution in [0.5, 0.6) is 5.88 Å². The lowest BCUT2D eigenvalue weighted by Crippen LogP contribution is -2.12. The Labute approximate surface area is 177 Å². The highest BCUT2D eigenvalue weighted by molar-refractivity contribution is 7.20. The molecule has 4 aromatic rings. The van der Waals surface area contributed by atoms with Crippen molar-refractivity contribution in [2.24, 2.45) is 0 Å². The van der Waals surface area contributed by atoms with Crippen LogP contribution in [0.15, 0.2) is 36.5 Å². The molecule has 1 amide bonds. The minimum absolute atomic E-state index is 0.208. The van der Waals surface area contributed by atoms with Crippen LogP contribution in [0.2, 0.25) is 0 Å². The van der Waals surface area contributed by atoms with E-state index < -0.39 is 0 Å². The van der Waals surface area contributed by atoms with Crippen LogP contribution in [-0.4, -0.2) is 39.9 Å². The number of rotatable bonds is 6. The predicted molar refractivity (Wildman–Crippen MR) is 116 cm³/mol. The monoisotopic (exact) mass is 423 g/mol. The van der Waals surface area contributed by atoms with Crippen LogP contribution in [0.3, 0.4) is 0 Å². The van der Waals surface area contributed by atoms with E-state index in [0.717, 1.165) is 22.3 Å². The zero-order chi connectivity index (χ0) is 21.3. The Kier molecular flexibility index (Phi) is 5.47. The maximum absolute atomic E-state index is 13.0. The van der Waals surface area contributed by atoms with Gasteiger partial charge in [0.15, 0.2) is 5.82 Å². The van der Waals surface area contributed by atoms with Crippen LogP contribution in [0, 0.1) is 13.8 Å². The van der Waals surface area contributed by atoms with Gasteiger partial charge in [-0.05, 0) is 43.7 Å². The van der Waals surface area contributed by atoms with Gasteiger partial charge in [0.05, 0.1) is 23.1 Å². The number of nitrogens with one attached hydrogen (secondary N) is 1. The summed E-state index contributed by atoms with van der Waals surface area (Å²) in [5, 5.41) is 8.04. The first-order valence-electron chi connectivity index (χ1n) is 9.27. The highest BCUT2D eigenvalue weighted by Gasteiger charge is 2.21. The molecule has 0 spiro atoms. The second-order valence-electron chi connectivity index (χ2n) is 6.71. The molecule has 3 heterocycles. The number of methoxy groups -OCH3 is 2. The van der Waals surface area contributed by atoms with Gasteiger partial charge in [-0.15, -0.1) is 11.3 Å². The van der Waals surface area contributed by atoms with Crippen molar-refractivity contribution in [1.82, 2.24) is 19.7 Å². The second-order valence-corrected chi connectivity index (χ2v) is 7.71. The summed E-state index contributed by atoms with van der Waals surface area (Å²) in [5.74, 6) is 0.744. The number of aryl methyl sites for hydroxylation is 2. The average Bonchev–Trinajstić information content (AvgIpc) is 3.31. The first-order chi connectivity index (χ1) is 14.5. The highest BCUT2D eigenvalue weighted by atomic mass is 32.1. The molecule has 8 nitrogen and oxygen atoms in total. The standard InChI is InChI=1S/C21H21N5O3S/c1-12-8-9-22-26(12)15-7-5-6-14(10-15)23-19(27)18-13(2)17-20(29-4)24-16(11-28-3)25-21(17)30-18/h5-10H,11H2,1-4H3,(H,23,27). The lowest BCUT2D eigenvalue weighted by atomic mass is 10.2. The fourth-order valence-electron chi connectivity index (χ4n) is 3.25. The number of amides is 1. The summed E-state index contributed by atoms with van der Waals surface area (Å²) < 4.78 is 12.4. The summed E-state index contributed by atoms with van der Waals surface area (Å²) in [6, 6.07) is 9.49. The normalized spacial score (nSPS) is 11.1. The number of carbonyl (C=O) groups is 1. The Bertz CT molecular complexity index is 1230. The maximum atomic E-state index is 13.0. The van der Waals surface area contributed by atoms with Gasteiger partial charge < -0.3 is 14.8 Å². The third kappa shape index (κ3) is 3.64. The first-order valence-corrected chi connectivity index (χ1v) is 10.1. The van der Waals surface area contributed by atoms with Gasteiger partial charge in [-0.2, -0.15) is 10.1 Å². The van der Waals surface area contributed by atoms with Gasteiger partial charge in [-0.1, -0.05) is 6.07 Å². The molecular weight excluding hydrogens is 402 g/mol. The Hall–Kier alpha value is -3.30. The lowest BCUT2D eigenvalue weighted by Gasteiger charge is -2.09. The van der Waals surface area contributed by atoms with E-state index in [-0.39, 0.29) is 12.5 Å². The summed E-state index contributed by atoms with van der Waals surface area (Å²) in [7, 11) is 3.13. The van der Waals surface area contributed by atoms with E-state index in [1.165, 1.54) is 11.3 Å². The Morgan fingerprint density at radius 2 is 2.03 bits per heavy atom. The number of nitrogens with zero attached hydrogens (tertiary/aromatic N) is 4. The molecule has 0 radical (unpaired) electrons. The van der Waals surface area contributed by atoms with Crippen molar-refractivity contribution in [2.45, 2.75) is 20.5 Å². The second kappa shape index (κ2) is 8.21. The molecule has 0 aliphatic rings. The smallest absolute Gasteiger partial charge is 0.266 e. The van der Waals surface area contributed by atoms with Crippen molar-refractivity contribution >= 4 is 33.1 Å². The van der Waals surface area contributed by atoms with Gasteiger partial charge in [-0.25, -0.2) is 9.67 Å². The zero-order valence-corrected chi connectivity index (χ0v) is 17.9. The molecule has 9 heteroatoms. The van der Waals surface area contributed by atoms with Crippen LogP contribution in [0.1, 0.15) is 26.8 Å². The molecule has 4 rings (SSSR count). The number of fused-ring (bicyclic) bond motifs is 1. The topological polar surface area (TPSA) is 91.2 Å². The van der Waals surface area contributed by atoms with Crippen LogP contribution >= 0.6 is 11.3 Å². The summed E-state index contributed by atoms with van der Waals surface area (Å²) in [6.45, 7) is 4.12. The maximum Gasteiger partial charge on any atom is 0.266 e. The van der Waals surface area contributed by atoms with Crippen LogP contribution in [-0.2, 0) is 11.3 Å². The van der Waals surface area contributed by atoms with Crippen molar-refractivity contribution in [1.29, 1.82) is 0 Å². The fourth-order valence-corrected chi connectivity index (χ4v) is 4.33. The molecule has 0 fully saturated rings. The molecule has 0 atom stereocenters. The van der Waals surface area contributed by atoms with Crippen LogP contribution < -0.4 is 10.1 Å². The van der Waals surface area contributed by atoms with Gasteiger partial charge in [0, 0.05) is 24.7 Å². The number of anilines is 1. The predicted octanol–water partition coefficient (Wildman–Crippen LogP) is 3.90. The van der Waals surface area contributed by atoms with E-state index in [2.05, 4.69) is 20.4 Å². The summed E-state index contributed by atoms with van der Waals surface area (Å²) in [6.07, 6.45) is 1.74. The SMILES string of the molecule is COCc1nc(OC)c2c(C)c(C(=O)Nc3cccc(-n4nccc4C)c3)sc2n1. The van der Waals surface area contributed by atoms with Gasteiger partial charge in [-0.3, -0.25) is 4.79 Å². The van der Waals surface area contributed by atoms with E-state index in [1.54, 1.807) is 20.4 Å². The van der Waals surface area contributed by atoms with Gasteiger partial charge in [0.1, 0.15) is 11.4 Å². The van der Waals surface area contributed by atoms with E-state index in [1.807, 2.05) is 48.9 Å². The van der Waals surface area contributed by atoms with Crippen molar-refractivity contribution in [2.75, 3.05) is 19.5 Å². The molecule has 0 unspecified atom stereocenters. The van der Waals surface area contributed by atoms with Crippen molar-refractivity contribution in [3.63, 3.8) is 0 Å². The van der Waals surface area contributed by atoms with Crippen molar-refractivity contribution < 1.29 is 14.3 Å². The fraction of sp³-hybridized carbons (Fsp3) is 0.238. The summed E-state index contributed by atoms with van der Waals surface area (Å²) in [5.41, 5.74) is 3.35. The highest BCUT2D eigenvalue weighted by Crippen LogP contribution is 2.35. The number of hydrogen-bond acceptors (Lipinski definition) is 7. The number of carbonyl (C=O) groups excluding carboxylic acids is 1. The zero-order valence-electron chi connectivity index (χ0n) is 17.1. The Balaban J connectivity index is 1.67. The van der Waals surface area contributed by atoms with E-state index in [9.17, 15) is 4.79 Å². The third-order valence-electron chi connectivity index (χ3n) is 4.66. The molecule has 3 aromatic heterocycles. The molecule has 0 aliphatic heterocycles. The third-order valence-corrected chi connectivity index (χ3v) is 5.84. The van der Waals surface area contributed by atoms with E-state index in [4.69, 9.17) is 9.47 Å². The summed E-state index contributed by atoms with van der Waals surface area (Å²) >= 11 is 1.31. The van der Waals surface area contributed by atoms with Gasteiger partial charge >= 0.3 is 0 Å². The van der Waals surface area contributed by atoms with Crippen LogP contribution in [0.4, 0.5) is 5.69 Å².